The van der Waals surface area contributed by atoms with Gasteiger partial charge in [-0.2, -0.15) is 0 Å². The van der Waals surface area contributed by atoms with Crippen molar-refractivity contribution in [3.63, 3.8) is 0 Å². The number of nitrogens with two attached hydrogens (primary N) is 1. The van der Waals surface area contributed by atoms with Crippen LogP contribution >= 0.6 is 0 Å². The van der Waals surface area contributed by atoms with Gasteiger partial charge in [0.05, 0.1) is 0 Å². The quantitative estimate of drug-likeness (QED) is 0.785. The average Bonchev–Trinajstić information content (AvgIpc) is 2.58. The molecule has 1 aliphatic heterocycles. The molecule has 0 aliphatic carbocycles. The first-order valence-corrected chi connectivity index (χ1v) is 6.66. The molecule has 0 saturated carbocycles. The molecule has 0 amide bonds. The van der Waals surface area contributed by atoms with Gasteiger partial charge in [-0.1, -0.05) is 18.9 Å². The van der Waals surface area contributed by atoms with Crippen LogP contribution in [0.15, 0.2) is 24.3 Å². The third kappa shape index (κ3) is 4.27. The average molecular weight is 233 g/mol. The summed E-state index contributed by atoms with van der Waals surface area (Å²) in [5.41, 5.74) is 7.69. The van der Waals surface area contributed by atoms with Gasteiger partial charge in [0.1, 0.15) is 0 Å². The molecule has 0 atom stereocenters. The van der Waals surface area contributed by atoms with Crippen molar-refractivity contribution in [2.45, 2.75) is 25.7 Å². The smallest absolute Gasteiger partial charge is 0.0361 e. The molecule has 0 radical (unpaired) electrons. The van der Waals surface area contributed by atoms with Gasteiger partial charge in [-0.05, 0) is 44.1 Å². The molecule has 94 valence electrons. The van der Waals surface area contributed by atoms with Crippen molar-refractivity contribution in [1.82, 2.24) is 4.90 Å². The van der Waals surface area contributed by atoms with Gasteiger partial charge < -0.3 is 16.0 Å². The molecule has 1 aromatic carbocycles. The molecule has 0 bridgehead atoms. The molecule has 0 spiro atoms. The monoisotopic (exact) mass is 233 g/mol. The Hall–Kier alpha value is -1.22. The molecule has 3 heteroatoms. The summed E-state index contributed by atoms with van der Waals surface area (Å²) in [5, 5.41) is 3.43. The van der Waals surface area contributed by atoms with E-state index < -0.39 is 0 Å². The number of nitrogen functional groups attached to an aromatic ring is 1. The van der Waals surface area contributed by atoms with E-state index >= 15 is 0 Å². The van der Waals surface area contributed by atoms with Crippen molar-refractivity contribution >= 4 is 11.4 Å². The summed E-state index contributed by atoms with van der Waals surface area (Å²) in [6, 6.07) is 7.96. The van der Waals surface area contributed by atoms with E-state index in [9.17, 15) is 0 Å². The molecule has 2 rings (SSSR count). The second kappa shape index (κ2) is 6.50. The highest BCUT2D eigenvalue weighted by atomic mass is 15.1. The summed E-state index contributed by atoms with van der Waals surface area (Å²) in [6.07, 6.45) is 5.52. The van der Waals surface area contributed by atoms with E-state index in [0.29, 0.717) is 0 Å². The zero-order chi connectivity index (χ0) is 11.9. The van der Waals surface area contributed by atoms with E-state index in [0.717, 1.165) is 24.5 Å². The van der Waals surface area contributed by atoms with Crippen LogP contribution in [0.25, 0.3) is 0 Å². The summed E-state index contributed by atoms with van der Waals surface area (Å²) >= 11 is 0. The Morgan fingerprint density at radius 3 is 2.59 bits per heavy atom. The maximum atomic E-state index is 5.74. The summed E-state index contributed by atoms with van der Waals surface area (Å²) in [5.74, 6) is 0. The van der Waals surface area contributed by atoms with Gasteiger partial charge in [-0.3, -0.25) is 0 Å². The predicted molar refractivity (Wildman–Crippen MR) is 74.3 cm³/mol. The second-order valence-corrected chi connectivity index (χ2v) is 4.81. The minimum absolute atomic E-state index is 0.824. The van der Waals surface area contributed by atoms with E-state index in [1.165, 1.54) is 38.8 Å². The standard InChI is InChI=1S/C14H23N3/c15-13-6-5-7-14(12-13)16-8-11-17-9-3-1-2-4-10-17/h5-7,12,16H,1-4,8-11,15H2. The van der Waals surface area contributed by atoms with E-state index in [1.54, 1.807) is 0 Å². The van der Waals surface area contributed by atoms with Crippen LogP contribution in [-0.4, -0.2) is 31.1 Å². The zero-order valence-corrected chi connectivity index (χ0v) is 10.5. The molecule has 3 nitrogen and oxygen atoms in total. The van der Waals surface area contributed by atoms with Crippen molar-refractivity contribution in [3.05, 3.63) is 24.3 Å². The van der Waals surface area contributed by atoms with Crippen molar-refractivity contribution in [1.29, 1.82) is 0 Å². The summed E-state index contributed by atoms with van der Waals surface area (Å²) in [7, 11) is 0. The predicted octanol–water partition coefficient (Wildman–Crippen LogP) is 2.56. The molecule has 1 heterocycles. The first kappa shape index (κ1) is 12.2. The first-order chi connectivity index (χ1) is 8.34. The Morgan fingerprint density at radius 1 is 1.12 bits per heavy atom. The van der Waals surface area contributed by atoms with Crippen molar-refractivity contribution < 1.29 is 0 Å². The number of anilines is 2. The molecule has 3 N–H and O–H groups in total. The minimum Gasteiger partial charge on any atom is -0.399 e. The normalized spacial score (nSPS) is 17.6. The van der Waals surface area contributed by atoms with Crippen LogP contribution in [0.3, 0.4) is 0 Å². The Balaban J connectivity index is 1.71. The Bertz CT molecular complexity index is 330. The van der Waals surface area contributed by atoms with E-state index in [1.807, 2.05) is 18.2 Å². The van der Waals surface area contributed by atoms with Crippen molar-refractivity contribution in [3.8, 4) is 0 Å². The number of benzene rings is 1. The van der Waals surface area contributed by atoms with Crippen LogP contribution in [0.1, 0.15) is 25.7 Å². The maximum absolute atomic E-state index is 5.74. The second-order valence-electron chi connectivity index (χ2n) is 4.81. The van der Waals surface area contributed by atoms with Crippen LogP contribution in [0, 0.1) is 0 Å². The fourth-order valence-electron chi connectivity index (χ4n) is 2.37. The number of nitrogens with zero attached hydrogens (tertiary/aromatic N) is 1. The molecular weight excluding hydrogens is 210 g/mol. The highest BCUT2D eigenvalue weighted by molar-refractivity contribution is 5.53. The molecule has 0 unspecified atom stereocenters. The molecule has 1 saturated heterocycles. The van der Waals surface area contributed by atoms with Gasteiger partial charge in [0.2, 0.25) is 0 Å². The molecule has 1 aliphatic rings. The van der Waals surface area contributed by atoms with Gasteiger partial charge in [0.15, 0.2) is 0 Å². The first-order valence-electron chi connectivity index (χ1n) is 6.66. The van der Waals surface area contributed by atoms with Crippen molar-refractivity contribution in [2.24, 2.45) is 0 Å². The lowest BCUT2D eigenvalue weighted by molar-refractivity contribution is 0.296. The molecule has 1 fully saturated rings. The van der Waals surface area contributed by atoms with E-state index in [-0.39, 0.29) is 0 Å². The van der Waals surface area contributed by atoms with Crippen LogP contribution < -0.4 is 11.1 Å². The van der Waals surface area contributed by atoms with Crippen LogP contribution in [0.5, 0.6) is 0 Å². The SMILES string of the molecule is Nc1cccc(NCCN2CCCCCC2)c1. The fourth-order valence-corrected chi connectivity index (χ4v) is 2.37. The largest absolute Gasteiger partial charge is 0.399 e. The van der Waals surface area contributed by atoms with Gasteiger partial charge >= 0.3 is 0 Å². The van der Waals surface area contributed by atoms with Crippen molar-refractivity contribution in [2.75, 3.05) is 37.2 Å². The van der Waals surface area contributed by atoms with E-state index in [4.69, 9.17) is 5.73 Å². The lowest BCUT2D eigenvalue weighted by atomic mass is 10.2. The highest BCUT2D eigenvalue weighted by Crippen LogP contribution is 2.12. The Labute approximate surface area is 104 Å². The zero-order valence-electron chi connectivity index (χ0n) is 10.5. The van der Waals surface area contributed by atoms with Gasteiger partial charge in [-0.15, -0.1) is 0 Å². The molecule has 1 aromatic rings. The van der Waals surface area contributed by atoms with Gasteiger partial charge in [-0.25, -0.2) is 0 Å². The van der Waals surface area contributed by atoms with Crippen LogP contribution in [-0.2, 0) is 0 Å². The van der Waals surface area contributed by atoms with Gasteiger partial charge in [0.25, 0.3) is 0 Å². The number of nitrogens with one attached hydrogen (secondary N) is 1. The third-order valence-corrected chi connectivity index (χ3v) is 3.34. The number of rotatable bonds is 4. The molecule has 17 heavy (non-hydrogen) atoms. The van der Waals surface area contributed by atoms with Crippen LogP contribution in [0.2, 0.25) is 0 Å². The topological polar surface area (TPSA) is 41.3 Å². The minimum atomic E-state index is 0.824. The molecular formula is C14H23N3. The number of likely N-dealkylation sites (tertiary alicyclic amines) is 1. The third-order valence-electron chi connectivity index (χ3n) is 3.34. The van der Waals surface area contributed by atoms with Gasteiger partial charge in [0, 0.05) is 24.5 Å². The highest BCUT2D eigenvalue weighted by Gasteiger charge is 2.07. The maximum Gasteiger partial charge on any atom is 0.0361 e. The summed E-state index contributed by atoms with van der Waals surface area (Å²) in [4.78, 5) is 2.56. The molecule has 0 aromatic heterocycles. The number of hydrogen-bond donors (Lipinski definition) is 2. The Kier molecular flexibility index (Phi) is 4.68. The lowest BCUT2D eigenvalue weighted by Crippen LogP contribution is -2.29. The van der Waals surface area contributed by atoms with E-state index in [2.05, 4.69) is 16.3 Å². The number of hydrogen-bond acceptors (Lipinski definition) is 3. The van der Waals surface area contributed by atoms with Crippen LogP contribution in [0.4, 0.5) is 11.4 Å². The summed E-state index contributed by atoms with van der Waals surface area (Å²) in [6.45, 7) is 4.66. The fraction of sp³-hybridized carbons (Fsp3) is 0.571. The lowest BCUT2D eigenvalue weighted by Gasteiger charge is -2.20. The Morgan fingerprint density at radius 2 is 1.88 bits per heavy atom. The summed E-state index contributed by atoms with van der Waals surface area (Å²) < 4.78 is 0.